The van der Waals surface area contributed by atoms with E-state index in [0.29, 0.717) is 23.1 Å². The molecule has 0 aliphatic rings. The van der Waals surface area contributed by atoms with Gasteiger partial charge < -0.3 is 14.4 Å². The third-order valence-corrected chi connectivity index (χ3v) is 5.85. The van der Waals surface area contributed by atoms with Gasteiger partial charge in [0.05, 0.1) is 24.4 Å². The van der Waals surface area contributed by atoms with E-state index in [0.717, 1.165) is 35.6 Å². The van der Waals surface area contributed by atoms with Crippen LogP contribution in [0.2, 0.25) is 0 Å². The smallest absolute Gasteiger partial charge is 0.267 e. The Morgan fingerprint density at radius 2 is 1.90 bits per heavy atom. The van der Waals surface area contributed by atoms with Gasteiger partial charge in [0.2, 0.25) is 5.88 Å². The normalized spacial score (nSPS) is 10.9. The molecule has 2 aromatic heterocycles. The molecule has 0 N–H and O–H groups in total. The number of carbonyl (C=O) groups is 1. The molecule has 0 radical (unpaired) electrons. The van der Waals surface area contributed by atoms with Crippen LogP contribution in [0.4, 0.5) is 5.13 Å². The number of ether oxygens (including phenoxy) is 2. The number of fused-ring (bicyclic) bond motifs is 1. The zero-order chi connectivity index (χ0) is 21.0. The lowest BCUT2D eigenvalue weighted by atomic mass is 10.3. The van der Waals surface area contributed by atoms with Crippen molar-refractivity contribution in [2.45, 2.75) is 13.8 Å². The van der Waals surface area contributed by atoms with Crippen molar-refractivity contribution in [3.05, 3.63) is 30.0 Å². The van der Waals surface area contributed by atoms with E-state index < -0.39 is 0 Å². The Balaban J connectivity index is 0.00000320. The molecule has 0 fully saturated rings. The molecule has 0 atom stereocenters. The maximum atomic E-state index is 13.4. The summed E-state index contributed by atoms with van der Waals surface area (Å²) in [7, 11) is 4.92. The van der Waals surface area contributed by atoms with Crippen LogP contribution >= 0.6 is 23.7 Å². The zero-order valence-corrected chi connectivity index (χ0v) is 19.5. The van der Waals surface area contributed by atoms with E-state index in [4.69, 9.17) is 14.5 Å². The Bertz CT molecular complexity index is 986. The van der Waals surface area contributed by atoms with Gasteiger partial charge in [0.1, 0.15) is 11.3 Å². The summed E-state index contributed by atoms with van der Waals surface area (Å²) >= 11 is 1.47. The van der Waals surface area contributed by atoms with Crippen LogP contribution in [0.3, 0.4) is 0 Å². The van der Waals surface area contributed by atoms with E-state index in [9.17, 15) is 4.79 Å². The summed E-state index contributed by atoms with van der Waals surface area (Å²) in [5, 5.41) is 4.87. The van der Waals surface area contributed by atoms with Gasteiger partial charge in [-0.15, -0.1) is 17.5 Å². The number of amides is 1. The van der Waals surface area contributed by atoms with Gasteiger partial charge in [-0.05, 0) is 31.3 Å². The molecule has 3 rings (SSSR count). The Morgan fingerprint density at radius 3 is 2.53 bits per heavy atom. The lowest BCUT2D eigenvalue weighted by molar-refractivity contribution is 0.0981. The summed E-state index contributed by atoms with van der Waals surface area (Å²) in [6.45, 7) is 7.35. The van der Waals surface area contributed by atoms with Gasteiger partial charge in [-0.25, -0.2) is 4.98 Å². The number of rotatable bonds is 9. The molecular weight excluding hydrogens is 426 g/mol. The van der Waals surface area contributed by atoms with E-state index in [-0.39, 0.29) is 18.3 Å². The Kier molecular flexibility index (Phi) is 8.45. The minimum Gasteiger partial charge on any atom is -0.497 e. The Morgan fingerprint density at radius 1 is 1.17 bits per heavy atom. The predicted octanol–water partition coefficient (Wildman–Crippen LogP) is 3.46. The molecule has 0 bridgehead atoms. The summed E-state index contributed by atoms with van der Waals surface area (Å²) in [4.78, 5) is 22.1. The summed E-state index contributed by atoms with van der Waals surface area (Å²) in [6.07, 6.45) is 1.68. The fourth-order valence-corrected chi connectivity index (χ4v) is 4.13. The van der Waals surface area contributed by atoms with Gasteiger partial charge in [0.15, 0.2) is 5.13 Å². The van der Waals surface area contributed by atoms with Gasteiger partial charge in [0, 0.05) is 26.3 Å². The van der Waals surface area contributed by atoms with Crippen molar-refractivity contribution < 1.29 is 14.3 Å². The van der Waals surface area contributed by atoms with Crippen LogP contribution in [-0.4, -0.2) is 66.0 Å². The third-order valence-electron chi connectivity index (χ3n) is 4.81. The van der Waals surface area contributed by atoms with E-state index in [2.05, 4.69) is 23.8 Å². The molecule has 164 valence electrons. The lowest BCUT2D eigenvalue weighted by Gasteiger charge is -2.24. The second-order valence-corrected chi connectivity index (χ2v) is 7.55. The van der Waals surface area contributed by atoms with Crippen molar-refractivity contribution in [3.63, 3.8) is 0 Å². The maximum absolute atomic E-state index is 13.4. The number of benzene rings is 1. The fourth-order valence-electron chi connectivity index (χ4n) is 3.11. The number of likely N-dealkylation sites (N-methyl/N-ethyl adjacent to an activating group) is 1. The van der Waals surface area contributed by atoms with Crippen molar-refractivity contribution >= 4 is 45.0 Å². The number of anilines is 1. The van der Waals surface area contributed by atoms with Crippen molar-refractivity contribution in [3.8, 4) is 11.6 Å². The highest BCUT2D eigenvalue weighted by Gasteiger charge is 2.26. The van der Waals surface area contributed by atoms with Crippen LogP contribution < -0.4 is 14.4 Å². The van der Waals surface area contributed by atoms with Crippen molar-refractivity contribution in [1.29, 1.82) is 0 Å². The summed E-state index contributed by atoms with van der Waals surface area (Å²) in [5.74, 6) is 0.906. The number of nitrogens with zero attached hydrogens (tertiary/aromatic N) is 5. The average Bonchev–Trinajstić information content (AvgIpc) is 3.33. The van der Waals surface area contributed by atoms with Gasteiger partial charge >= 0.3 is 0 Å². The van der Waals surface area contributed by atoms with Crippen LogP contribution in [-0.2, 0) is 7.05 Å². The van der Waals surface area contributed by atoms with Gasteiger partial charge in [-0.3, -0.25) is 14.4 Å². The topological polar surface area (TPSA) is 72.7 Å². The Labute approximate surface area is 186 Å². The highest BCUT2D eigenvalue weighted by molar-refractivity contribution is 7.22. The van der Waals surface area contributed by atoms with Crippen LogP contribution in [0, 0.1) is 0 Å². The molecule has 0 spiro atoms. The van der Waals surface area contributed by atoms with E-state index in [1.165, 1.54) is 18.4 Å². The maximum Gasteiger partial charge on any atom is 0.267 e. The predicted molar refractivity (Wildman–Crippen MR) is 123 cm³/mol. The summed E-state index contributed by atoms with van der Waals surface area (Å²) in [5.41, 5.74) is 1.26. The molecule has 1 amide bonds. The monoisotopic (exact) mass is 453 g/mol. The van der Waals surface area contributed by atoms with Crippen LogP contribution in [0.15, 0.2) is 24.4 Å². The van der Waals surface area contributed by atoms with Crippen LogP contribution in [0.25, 0.3) is 10.2 Å². The molecule has 8 nitrogen and oxygen atoms in total. The summed E-state index contributed by atoms with van der Waals surface area (Å²) < 4.78 is 13.2. The van der Waals surface area contributed by atoms with E-state index in [1.807, 2.05) is 18.2 Å². The second kappa shape index (κ2) is 10.6. The first-order valence-corrected chi connectivity index (χ1v) is 10.4. The minimum absolute atomic E-state index is 0. The van der Waals surface area contributed by atoms with E-state index >= 15 is 0 Å². The molecule has 0 unspecified atom stereocenters. The minimum atomic E-state index is -0.173. The Hall–Kier alpha value is -2.36. The largest absolute Gasteiger partial charge is 0.497 e. The number of carbonyl (C=O) groups excluding carboxylic acids is 1. The first-order valence-electron chi connectivity index (χ1n) is 9.57. The fraction of sp³-hybridized carbons (Fsp3) is 0.450. The van der Waals surface area contributed by atoms with Gasteiger partial charge in [-0.1, -0.05) is 25.2 Å². The van der Waals surface area contributed by atoms with Gasteiger partial charge in [0.25, 0.3) is 5.91 Å². The SMILES string of the molecule is CCN(CC)CCN(C(=O)c1cn(C)nc1OC)c1nc2ccc(OC)cc2s1.Cl. The number of halogens is 1. The number of aryl methyl sites for hydroxylation is 1. The van der Waals surface area contributed by atoms with Crippen molar-refractivity contribution in [2.75, 3.05) is 45.3 Å². The molecular formula is C20H28ClN5O3S. The third kappa shape index (κ3) is 5.03. The number of thiazole rings is 1. The number of methoxy groups -OCH3 is 2. The molecule has 1 aromatic carbocycles. The lowest BCUT2D eigenvalue weighted by Crippen LogP contribution is -2.38. The molecule has 30 heavy (non-hydrogen) atoms. The molecule has 0 aliphatic heterocycles. The first kappa shape index (κ1) is 23.9. The zero-order valence-electron chi connectivity index (χ0n) is 17.9. The molecule has 10 heteroatoms. The second-order valence-electron chi connectivity index (χ2n) is 6.54. The summed E-state index contributed by atoms with van der Waals surface area (Å²) in [6, 6.07) is 5.72. The highest BCUT2D eigenvalue weighted by Crippen LogP contribution is 2.32. The average molecular weight is 454 g/mol. The number of aromatic nitrogens is 3. The highest BCUT2D eigenvalue weighted by atomic mass is 35.5. The number of hydrogen-bond acceptors (Lipinski definition) is 7. The molecule has 0 saturated carbocycles. The number of hydrogen-bond donors (Lipinski definition) is 0. The van der Waals surface area contributed by atoms with Crippen molar-refractivity contribution in [1.82, 2.24) is 19.7 Å². The van der Waals surface area contributed by atoms with Crippen LogP contribution in [0.1, 0.15) is 24.2 Å². The quantitative estimate of drug-likeness (QED) is 0.494. The standard InChI is InChI=1S/C20H27N5O3S.ClH/c1-6-24(7-2)10-11-25(19(26)15-13-23(3)22-18(15)28-5)20-21-16-9-8-14(27-4)12-17(16)29-20;/h8-9,12-13H,6-7,10-11H2,1-5H3;1H. The molecule has 2 heterocycles. The van der Waals surface area contributed by atoms with Crippen LogP contribution in [0.5, 0.6) is 11.6 Å². The molecule has 3 aromatic rings. The first-order chi connectivity index (χ1) is 14.0. The van der Waals surface area contributed by atoms with Crippen molar-refractivity contribution in [2.24, 2.45) is 7.05 Å². The molecule has 0 saturated heterocycles. The van der Waals surface area contributed by atoms with E-state index in [1.54, 1.807) is 29.9 Å². The molecule has 0 aliphatic carbocycles. The van der Waals surface area contributed by atoms with Gasteiger partial charge in [-0.2, -0.15) is 0 Å².